The van der Waals surface area contributed by atoms with E-state index in [9.17, 15) is 10.1 Å². The number of non-ortho nitro benzene ring substituents is 1. The zero-order valence-electron chi connectivity index (χ0n) is 11.9. The molecule has 0 aliphatic rings. The number of hydrogen-bond acceptors (Lipinski definition) is 5. The first-order valence-electron chi connectivity index (χ1n) is 6.60. The molecule has 110 valence electrons. The number of anilines is 3. The molecule has 0 spiro atoms. The Balaban J connectivity index is 2.35. The summed E-state index contributed by atoms with van der Waals surface area (Å²) in [6.45, 7) is 2.46. The zero-order chi connectivity index (χ0) is 15.2. The van der Waals surface area contributed by atoms with Crippen LogP contribution in [-0.2, 0) is 0 Å². The Bertz CT molecular complexity index is 644. The lowest BCUT2D eigenvalue weighted by Gasteiger charge is -2.13. The molecule has 2 N–H and O–H groups in total. The summed E-state index contributed by atoms with van der Waals surface area (Å²) in [5.74, 6) is 0.706. The van der Waals surface area contributed by atoms with E-state index < -0.39 is 4.92 Å². The molecule has 2 rings (SSSR count). The Morgan fingerprint density at radius 2 is 1.90 bits per heavy atom. The van der Waals surface area contributed by atoms with Gasteiger partial charge in [0.15, 0.2) is 0 Å². The van der Waals surface area contributed by atoms with Crippen LogP contribution < -0.4 is 15.4 Å². The summed E-state index contributed by atoms with van der Waals surface area (Å²) in [6.07, 6.45) is 0. The molecule has 2 aromatic rings. The number of ether oxygens (including phenoxy) is 1. The van der Waals surface area contributed by atoms with Crippen molar-refractivity contribution in [3.05, 3.63) is 52.6 Å². The van der Waals surface area contributed by atoms with Crippen LogP contribution in [0.3, 0.4) is 0 Å². The van der Waals surface area contributed by atoms with E-state index in [0.29, 0.717) is 23.7 Å². The fourth-order valence-corrected chi connectivity index (χ4v) is 1.94. The molecular weight excluding hydrogens is 270 g/mol. The van der Waals surface area contributed by atoms with E-state index in [2.05, 4.69) is 10.6 Å². The van der Waals surface area contributed by atoms with Gasteiger partial charge in [-0.1, -0.05) is 12.1 Å². The maximum Gasteiger partial charge on any atom is 0.273 e. The molecule has 0 saturated heterocycles. The van der Waals surface area contributed by atoms with Crippen LogP contribution >= 0.6 is 0 Å². The number of para-hydroxylation sites is 2. The van der Waals surface area contributed by atoms with Crippen molar-refractivity contribution in [3.8, 4) is 5.75 Å². The number of nitrogens with zero attached hydrogens (tertiary/aromatic N) is 1. The Morgan fingerprint density at radius 1 is 1.19 bits per heavy atom. The zero-order valence-corrected chi connectivity index (χ0v) is 11.9. The van der Waals surface area contributed by atoms with Crippen molar-refractivity contribution in [1.29, 1.82) is 0 Å². The number of nitro groups is 1. The molecule has 0 atom stereocenters. The molecule has 0 bridgehead atoms. The summed E-state index contributed by atoms with van der Waals surface area (Å²) < 4.78 is 5.53. The minimum atomic E-state index is -0.416. The van der Waals surface area contributed by atoms with Crippen LogP contribution in [0.4, 0.5) is 22.7 Å². The van der Waals surface area contributed by atoms with Crippen LogP contribution in [0, 0.1) is 10.1 Å². The average molecular weight is 287 g/mol. The summed E-state index contributed by atoms with van der Waals surface area (Å²) in [7, 11) is 1.72. The van der Waals surface area contributed by atoms with Gasteiger partial charge in [0.2, 0.25) is 0 Å². The van der Waals surface area contributed by atoms with Gasteiger partial charge in [-0.2, -0.15) is 0 Å². The molecular formula is C15H17N3O3. The van der Waals surface area contributed by atoms with Gasteiger partial charge >= 0.3 is 0 Å². The molecule has 0 fully saturated rings. The molecule has 0 unspecified atom stereocenters. The largest absolute Gasteiger partial charge is 0.492 e. The first-order valence-corrected chi connectivity index (χ1v) is 6.60. The highest BCUT2D eigenvalue weighted by molar-refractivity contribution is 5.71. The van der Waals surface area contributed by atoms with Gasteiger partial charge in [0.1, 0.15) is 5.75 Å². The Labute approximate surface area is 122 Å². The molecule has 0 aliphatic heterocycles. The second-order valence-electron chi connectivity index (χ2n) is 4.33. The van der Waals surface area contributed by atoms with Crippen molar-refractivity contribution in [3.63, 3.8) is 0 Å². The Hall–Kier alpha value is -2.76. The van der Waals surface area contributed by atoms with Gasteiger partial charge in [0.25, 0.3) is 5.69 Å². The van der Waals surface area contributed by atoms with Crippen LogP contribution in [-0.4, -0.2) is 18.6 Å². The molecule has 21 heavy (non-hydrogen) atoms. The van der Waals surface area contributed by atoms with E-state index in [-0.39, 0.29) is 5.69 Å². The van der Waals surface area contributed by atoms with Crippen LogP contribution in [0.25, 0.3) is 0 Å². The third-order valence-electron chi connectivity index (χ3n) is 2.88. The average Bonchev–Trinajstić information content (AvgIpc) is 2.49. The van der Waals surface area contributed by atoms with E-state index in [1.165, 1.54) is 12.1 Å². The minimum absolute atomic E-state index is 0.0261. The van der Waals surface area contributed by atoms with Crippen LogP contribution in [0.15, 0.2) is 42.5 Å². The van der Waals surface area contributed by atoms with E-state index in [4.69, 9.17) is 4.74 Å². The number of nitro benzene ring substituents is 1. The topological polar surface area (TPSA) is 76.4 Å². The highest BCUT2D eigenvalue weighted by Gasteiger charge is 2.10. The third-order valence-corrected chi connectivity index (χ3v) is 2.88. The van der Waals surface area contributed by atoms with Gasteiger partial charge < -0.3 is 15.4 Å². The normalized spacial score (nSPS) is 10.0. The lowest BCUT2D eigenvalue weighted by Crippen LogP contribution is -1.99. The molecule has 6 heteroatoms. The number of nitrogens with one attached hydrogen (secondary N) is 2. The second-order valence-corrected chi connectivity index (χ2v) is 4.33. The maximum absolute atomic E-state index is 11.0. The molecule has 0 aliphatic carbocycles. The van der Waals surface area contributed by atoms with Gasteiger partial charge in [-0.3, -0.25) is 10.1 Å². The van der Waals surface area contributed by atoms with Crippen molar-refractivity contribution in [1.82, 2.24) is 0 Å². The Kier molecular flexibility index (Phi) is 4.61. The molecule has 0 aromatic heterocycles. The van der Waals surface area contributed by atoms with E-state index in [0.717, 1.165) is 5.69 Å². The fourth-order valence-electron chi connectivity index (χ4n) is 1.94. The van der Waals surface area contributed by atoms with Crippen LogP contribution in [0.2, 0.25) is 0 Å². The van der Waals surface area contributed by atoms with Crippen molar-refractivity contribution in [2.24, 2.45) is 0 Å². The fraction of sp³-hybridized carbons (Fsp3) is 0.200. The standard InChI is InChI=1S/C15H17N3O3/c1-3-21-15-7-5-4-6-14(15)17-12-8-11(16-2)9-13(10-12)18(19)20/h4-10,16-17H,3H2,1-2H3. The Morgan fingerprint density at radius 3 is 2.57 bits per heavy atom. The van der Waals surface area contributed by atoms with Gasteiger partial charge in [0, 0.05) is 30.6 Å². The van der Waals surface area contributed by atoms with Gasteiger partial charge in [-0.15, -0.1) is 0 Å². The quantitative estimate of drug-likeness (QED) is 0.624. The maximum atomic E-state index is 11.0. The van der Waals surface area contributed by atoms with Crippen molar-refractivity contribution >= 4 is 22.7 Å². The van der Waals surface area contributed by atoms with E-state index >= 15 is 0 Å². The first-order chi connectivity index (χ1) is 10.1. The molecule has 0 radical (unpaired) electrons. The van der Waals surface area contributed by atoms with Gasteiger partial charge in [-0.25, -0.2) is 0 Å². The smallest absolute Gasteiger partial charge is 0.273 e. The molecule has 0 amide bonds. The first kappa shape index (κ1) is 14.6. The lowest BCUT2D eigenvalue weighted by atomic mass is 10.2. The molecule has 0 saturated carbocycles. The van der Waals surface area contributed by atoms with Crippen molar-refractivity contribution < 1.29 is 9.66 Å². The predicted molar refractivity (Wildman–Crippen MR) is 83.5 cm³/mol. The van der Waals surface area contributed by atoms with E-state index in [1.54, 1.807) is 13.1 Å². The third kappa shape index (κ3) is 3.62. The van der Waals surface area contributed by atoms with Crippen molar-refractivity contribution in [2.45, 2.75) is 6.92 Å². The highest BCUT2D eigenvalue weighted by Crippen LogP contribution is 2.31. The second kappa shape index (κ2) is 6.60. The molecule has 2 aromatic carbocycles. The minimum Gasteiger partial charge on any atom is -0.492 e. The lowest BCUT2D eigenvalue weighted by molar-refractivity contribution is -0.384. The summed E-state index contributed by atoms with van der Waals surface area (Å²) in [6, 6.07) is 12.2. The van der Waals surface area contributed by atoms with E-state index in [1.807, 2.05) is 31.2 Å². The monoisotopic (exact) mass is 287 g/mol. The highest BCUT2D eigenvalue weighted by atomic mass is 16.6. The molecule has 0 heterocycles. The summed E-state index contributed by atoms with van der Waals surface area (Å²) in [5, 5.41) is 17.0. The number of rotatable bonds is 6. The van der Waals surface area contributed by atoms with Gasteiger partial charge in [0.05, 0.1) is 17.2 Å². The molecule has 6 nitrogen and oxygen atoms in total. The van der Waals surface area contributed by atoms with Crippen LogP contribution in [0.5, 0.6) is 5.75 Å². The number of benzene rings is 2. The van der Waals surface area contributed by atoms with Crippen molar-refractivity contribution in [2.75, 3.05) is 24.3 Å². The summed E-state index contributed by atoms with van der Waals surface area (Å²) >= 11 is 0. The summed E-state index contributed by atoms with van der Waals surface area (Å²) in [4.78, 5) is 10.6. The number of hydrogen-bond donors (Lipinski definition) is 2. The van der Waals surface area contributed by atoms with Crippen LogP contribution in [0.1, 0.15) is 6.92 Å². The summed E-state index contributed by atoms with van der Waals surface area (Å²) in [5.41, 5.74) is 2.08. The predicted octanol–water partition coefficient (Wildman–Crippen LogP) is 3.78. The van der Waals surface area contributed by atoms with Gasteiger partial charge in [-0.05, 0) is 25.1 Å². The SMILES string of the molecule is CCOc1ccccc1Nc1cc(NC)cc([N+](=O)[O-])c1.